The largest absolute Gasteiger partial charge is 0.325 e. The predicted octanol–water partition coefficient (Wildman–Crippen LogP) is -1.51. The summed E-state index contributed by atoms with van der Waals surface area (Å²) in [6, 6.07) is 6.26. The number of rotatable bonds is 1. The average molecular weight is 174 g/mol. The fourth-order valence-corrected chi connectivity index (χ4v) is 1.25. The molecule has 0 radical (unpaired) electrons. The highest BCUT2D eigenvalue weighted by Gasteiger charge is 2.09. The maximum Gasteiger partial charge on any atom is 0.322 e. The maximum absolute atomic E-state index is 10.8. The quantitative estimate of drug-likeness (QED) is 0.542. The molecule has 0 spiro atoms. The van der Waals surface area contributed by atoms with Crippen LogP contribution in [0.25, 0.3) is 0 Å². The van der Waals surface area contributed by atoms with Gasteiger partial charge < -0.3 is 5.73 Å². The third-order valence-corrected chi connectivity index (χ3v) is 2.27. The monoisotopic (exact) mass is 174 g/mol. The summed E-state index contributed by atoms with van der Waals surface area (Å²) >= 11 is 0. The van der Waals surface area contributed by atoms with E-state index < -0.39 is 10.0 Å². The molecule has 60 valence electrons. The fraction of sp³-hybridized carbons (Fsp3) is 0. The second kappa shape index (κ2) is 2.61. The highest BCUT2D eigenvalue weighted by molar-refractivity contribution is 7.84. The van der Waals surface area contributed by atoms with E-state index in [1.165, 1.54) is 12.1 Å². The lowest BCUT2D eigenvalue weighted by Gasteiger charge is -1.92. The summed E-state index contributed by atoms with van der Waals surface area (Å²) in [5.41, 5.74) is 4.42. The zero-order valence-electron chi connectivity index (χ0n) is 5.95. The zero-order valence-corrected chi connectivity index (χ0v) is 6.76. The van der Waals surface area contributed by atoms with Gasteiger partial charge in [0.05, 0.1) is 0 Å². The van der Waals surface area contributed by atoms with E-state index in [2.05, 4.69) is 10.9 Å². The van der Waals surface area contributed by atoms with Crippen LogP contribution in [0.4, 0.5) is 5.69 Å². The predicted molar refractivity (Wildman–Crippen MR) is 39.1 cm³/mol. The number of quaternary nitrogens is 2. The van der Waals surface area contributed by atoms with Crippen LogP contribution >= 0.6 is 0 Å². The third-order valence-electron chi connectivity index (χ3n) is 1.28. The molecule has 0 fully saturated rings. The minimum absolute atomic E-state index is 0.227. The first-order chi connectivity index (χ1) is 5.00. The van der Waals surface area contributed by atoms with Crippen molar-refractivity contribution in [1.29, 1.82) is 0 Å². The smallest absolute Gasteiger partial charge is 0.322 e. The van der Waals surface area contributed by atoms with Crippen LogP contribution in [-0.4, -0.2) is 8.42 Å². The Balaban J connectivity index is 3.20. The molecule has 6 N–H and O–H groups in total. The summed E-state index contributed by atoms with van der Waals surface area (Å²) in [5.74, 6) is 0. The van der Waals surface area contributed by atoms with E-state index >= 15 is 0 Å². The van der Waals surface area contributed by atoms with Crippen molar-refractivity contribution < 1.29 is 19.3 Å². The molecule has 1 aromatic carbocycles. The first-order valence-electron chi connectivity index (χ1n) is 3.00. The molecule has 1 aromatic rings. The lowest BCUT2D eigenvalue weighted by molar-refractivity contribution is -0.254. The molecule has 11 heavy (non-hydrogen) atoms. The van der Waals surface area contributed by atoms with Crippen LogP contribution in [0.1, 0.15) is 0 Å². The number of benzene rings is 1. The van der Waals surface area contributed by atoms with Crippen LogP contribution in [-0.2, 0) is 10.0 Å². The summed E-state index contributed by atoms with van der Waals surface area (Å²) in [7, 11) is -3.30. The molecule has 0 bridgehead atoms. The van der Waals surface area contributed by atoms with Crippen molar-refractivity contribution in [3.8, 4) is 0 Å². The van der Waals surface area contributed by atoms with Crippen molar-refractivity contribution in [1.82, 2.24) is 0 Å². The summed E-state index contributed by atoms with van der Waals surface area (Å²) in [4.78, 5) is 0.227. The van der Waals surface area contributed by atoms with Crippen LogP contribution in [0.5, 0.6) is 0 Å². The van der Waals surface area contributed by atoms with Crippen molar-refractivity contribution in [3.63, 3.8) is 0 Å². The molecule has 0 aliphatic carbocycles. The normalized spacial score (nSPS) is 11.5. The lowest BCUT2D eigenvalue weighted by Crippen LogP contribution is -2.56. The van der Waals surface area contributed by atoms with Gasteiger partial charge in [0.1, 0.15) is 10.6 Å². The summed E-state index contributed by atoms with van der Waals surface area (Å²) in [5, 5.41) is 3.02. The molecular formula is C6H10N2O2S+2. The SMILES string of the molecule is [NH3+]c1ccc(S([NH3+])(=O)=O)cc1. The molecule has 1 rings (SSSR count). The Morgan fingerprint density at radius 2 is 1.55 bits per heavy atom. The minimum Gasteiger partial charge on any atom is -0.325 e. The Labute approximate surface area is 64.9 Å². The van der Waals surface area contributed by atoms with E-state index in [9.17, 15) is 8.42 Å². The number of sulfonamides is 1. The van der Waals surface area contributed by atoms with Crippen molar-refractivity contribution in [2.45, 2.75) is 4.90 Å². The van der Waals surface area contributed by atoms with Gasteiger partial charge >= 0.3 is 10.0 Å². The molecule has 0 saturated heterocycles. The zero-order chi connectivity index (χ0) is 8.48. The fourth-order valence-electron chi connectivity index (χ4n) is 0.697. The van der Waals surface area contributed by atoms with E-state index in [0.29, 0.717) is 0 Å². The van der Waals surface area contributed by atoms with Gasteiger partial charge in [-0.3, -0.25) is 0 Å². The number of hydrogen-bond donors (Lipinski definition) is 2. The molecule has 0 saturated carbocycles. The van der Waals surface area contributed by atoms with Crippen LogP contribution in [0.2, 0.25) is 0 Å². The molecule has 0 atom stereocenters. The van der Waals surface area contributed by atoms with Crippen LogP contribution < -0.4 is 10.9 Å². The molecule has 4 nitrogen and oxygen atoms in total. The minimum atomic E-state index is -3.30. The van der Waals surface area contributed by atoms with Crippen LogP contribution in [0.15, 0.2) is 29.2 Å². The van der Waals surface area contributed by atoms with Gasteiger partial charge in [0.25, 0.3) is 0 Å². The molecule has 0 aromatic heterocycles. The molecule has 0 aliphatic heterocycles. The van der Waals surface area contributed by atoms with E-state index in [-0.39, 0.29) is 4.90 Å². The van der Waals surface area contributed by atoms with Crippen molar-refractivity contribution in [3.05, 3.63) is 24.3 Å². The Bertz CT molecular complexity index is 341. The van der Waals surface area contributed by atoms with Crippen LogP contribution in [0.3, 0.4) is 0 Å². The second-order valence-electron chi connectivity index (χ2n) is 2.26. The highest BCUT2D eigenvalue weighted by atomic mass is 32.2. The summed E-state index contributed by atoms with van der Waals surface area (Å²) in [6.07, 6.45) is 0. The maximum atomic E-state index is 10.8. The van der Waals surface area contributed by atoms with Crippen molar-refractivity contribution >= 4 is 15.7 Å². The van der Waals surface area contributed by atoms with Gasteiger partial charge in [-0.2, -0.15) is 8.42 Å². The topological polar surface area (TPSA) is 89.4 Å². The molecule has 0 unspecified atom stereocenters. The van der Waals surface area contributed by atoms with Gasteiger partial charge in [0, 0.05) is 12.1 Å². The molecule has 0 aliphatic rings. The first kappa shape index (κ1) is 8.19. The highest BCUT2D eigenvalue weighted by Crippen LogP contribution is 2.06. The number of hydrogen-bond acceptors (Lipinski definition) is 2. The van der Waals surface area contributed by atoms with Crippen LogP contribution in [0, 0.1) is 0 Å². The van der Waals surface area contributed by atoms with E-state index in [1.54, 1.807) is 12.1 Å². The Hall–Kier alpha value is -0.910. The Kier molecular flexibility index (Phi) is 1.95. The first-order valence-corrected chi connectivity index (χ1v) is 4.65. The summed E-state index contributed by atoms with van der Waals surface area (Å²) < 4.78 is 21.6. The Morgan fingerprint density at radius 1 is 1.09 bits per heavy atom. The van der Waals surface area contributed by atoms with Gasteiger partial charge in [-0.15, -0.1) is 0 Å². The molecule has 0 amide bonds. The third kappa shape index (κ3) is 2.01. The van der Waals surface area contributed by atoms with Gasteiger partial charge in [-0.25, -0.2) is 5.14 Å². The molecular weight excluding hydrogens is 164 g/mol. The Morgan fingerprint density at radius 3 is 1.91 bits per heavy atom. The summed E-state index contributed by atoms with van der Waals surface area (Å²) in [6.45, 7) is 0. The van der Waals surface area contributed by atoms with Crippen molar-refractivity contribution in [2.24, 2.45) is 0 Å². The van der Waals surface area contributed by atoms with E-state index in [0.717, 1.165) is 5.69 Å². The second-order valence-corrected chi connectivity index (χ2v) is 3.96. The van der Waals surface area contributed by atoms with Crippen molar-refractivity contribution in [2.75, 3.05) is 0 Å². The van der Waals surface area contributed by atoms with Gasteiger partial charge in [0.2, 0.25) is 0 Å². The van der Waals surface area contributed by atoms with E-state index in [4.69, 9.17) is 0 Å². The lowest BCUT2D eigenvalue weighted by atomic mass is 10.3. The molecule has 0 heterocycles. The van der Waals surface area contributed by atoms with Gasteiger partial charge in [-0.05, 0) is 12.1 Å². The van der Waals surface area contributed by atoms with Gasteiger partial charge in [-0.1, -0.05) is 0 Å². The van der Waals surface area contributed by atoms with E-state index in [1.807, 2.05) is 0 Å². The van der Waals surface area contributed by atoms with Gasteiger partial charge in [0.15, 0.2) is 0 Å². The average Bonchev–Trinajstić information content (AvgIpc) is 1.86. The standard InChI is InChI=1S/C6H8N2O2S/c7-5-1-3-6(4-2-5)11(8,9)10/h1-4H,7H2,(H2,8,9,10)/p+2. The molecule has 5 heteroatoms.